The highest BCUT2D eigenvalue weighted by atomic mass is 127. The molecule has 1 unspecified atom stereocenters. The van der Waals surface area contributed by atoms with Gasteiger partial charge in [0.05, 0.1) is 0 Å². The van der Waals surface area contributed by atoms with Crippen molar-refractivity contribution in [3.63, 3.8) is 0 Å². The van der Waals surface area contributed by atoms with Gasteiger partial charge in [0.25, 0.3) is 5.91 Å². The maximum Gasteiger partial charge on any atom is 0.251 e. The normalized spacial score (nSPS) is 17.7. The minimum atomic E-state index is -0.361. The highest BCUT2D eigenvalue weighted by Gasteiger charge is 2.18. The van der Waals surface area contributed by atoms with Gasteiger partial charge in [-0.3, -0.25) is 9.79 Å². The standard InChI is InChI=1S/C18H27FN4O.HI/c1-13-5-4-10-23(12-13)18(20-3)22-9-8-21-17(24)15-7-6-14(2)16(19)11-15;/h6-7,11,13H,4-5,8-10,12H2,1-3H3,(H,20,22)(H,21,24);1H. The van der Waals surface area contributed by atoms with E-state index in [0.29, 0.717) is 30.1 Å². The molecule has 1 atom stereocenters. The van der Waals surface area contributed by atoms with Crippen molar-refractivity contribution in [2.75, 3.05) is 33.2 Å². The van der Waals surface area contributed by atoms with Crippen molar-refractivity contribution in [1.29, 1.82) is 0 Å². The van der Waals surface area contributed by atoms with Crippen LogP contribution < -0.4 is 10.6 Å². The van der Waals surface area contributed by atoms with E-state index >= 15 is 0 Å². The number of aryl methyl sites for hydroxylation is 1. The summed E-state index contributed by atoms with van der Waals surface area (Å²) in [7, 11) is 1.77. The Kier molecular flexibility index (Phi) is 9.16. The van der Waals surface area contributed by atoms with Gasteiger partial charge in [-0.1, -0.05) is 13.0 Å². The summed E-state index contributed by atoms with van der Waals surface area (Å²) in [6, 6.07) is 4.52. The minimum Gasteiger partial charge on any atom is -0.354 e. The molecular weight excluding hydrogens is 434 g/mol. The number of amides is 1. The first-order valence-electron chi connectivity index (χ1n) is 8.51. The van der Waals surface area contributed by atoms with Gasteiger partial charge in [0.1, 0.15) is 5.82 Å². The van der Waals surface area contributed by atoms with Crippen LogP contribution in [-0.2, 0) is 0 Å². The molecular formula is C18H28FIN4O. The maximum atomic E-state index is 13.5. The fraction of sp³-hybridized carbons (Fsp3) is 0.556. The fourth-order valence-electron chi connectivity index (χ4n) is 2.90. The third kappa shape index (κ3) is 6.45. The van der Waals surface area contributed by atoms with Crippen LogP contribution in [0.1, 0.15) is 35.7 Å². The second kappa shape index (κ2) is 10.6. The number of guanidine groups is 1. The summed E-state index contributed by atoms with van der Waals surface area (Å²) in [5.74, 6) is 0.920. The Bertz CT molecular complexity index is 609. The number of rotatable bonds is 4. The van der Waals surface area contributed by atoms with E-state index in [0.717, 1.165) is 19.0 Å². The smallest absolute Gasteiger partial charge is 0.251 e. The van der Waals surface area contributed by atoms with Crippen molar-refractivity contribution in [3.8, 4) is 0 Å². The second-order valence-corrected chi connectivity index (χ2v) is 6.39. The molecule has 0 aromatic heterocycles. The zero-order valence-corrected chi connectivity index (χ0v) is 17.5. The van der Waals surface area contributed by atoms with Crippen molar-refractivity contribution in [1.82, 2.24) is 15.5 Å². The Balaban J connectivity index is 0.00000312. The number of likely N-dealkylation sites (tertiary alicyclic amines) is 1. The number of nitrogens with zero attached hydrogens (tertiary/aromatic N) is 2. The maximum absolute atomic E-state index is 13.5. The number of carbonyl (C=O) groups excluding carboxylic acids is 1. The molecule has 1 aliphatic heterocycles. The van der Waals surface area contributed by atoms with E-state index in [2.05, 4.69) is 27.4 Å². The van der Waals surface area contributed by atoms with Gasteiger partial charge in [0.2, 0.25) is 0 Å². The third-order valence-corrected chi connectivity index (χ3v) is 4.30. The molecule has 0 saturated carbocycles. The number of hydrogen-bond donors (Lipinski definition) is 2. The molecule has 1 heterocycles. The molecule has 1 aromatic carbocycles. The van der Waals surface area contributed by atoms with Crippen LogP contribution in [-0.4, -0.2) is 50.0 Å². The summed E-state index contributed by atoms with van der Waals surface area (Å²) in [5, 5.41) is 6.07. The molecule has 5 nitrogen and oxygen atoms in total. The number of benzene rings is 1. The Labute approximate surface area is 166 Å². The van der Waals surface area contributed by atoms with Crippen LogP contribution in [0.3, 0.4) is 0 Å². The topological polar surface area (TPSA) is 56.7 Å². The summed E-state index contributed by atoms with van der Waals surface area (Å²) >= 11 is 0. The van der Waals surface area contributed by atoms with Crippen molar-refractivity contribution >= 4 is 35.8 Å². The van der Waals surface area contributed by atoms with Gasteiger partial charge in [-0.05, 0) is 43.4 Å². The first kappa shape index (κ1) is 21.7. The van der Waals surface area contributed by atoms with Crippen LogP contribution >= 0.6 is 24.0 Å². The van der Waals surface area contributed by atoms with Crippen molar-refractivity contribution in [3.05, 3.63) is 35.1 Å². The highest BCUT2D eigenvalue weighted by molar-refractivity contribution is 14.0. The Morgan fingerprint density at radius 2 is 2.08 bits per heavy atom. The number of halogens is 2. The summed E-state index contributed by atoms with van der Waals surface area (Å²) in [6.07, 6.45) is 2.44. The lowest BCUT2D eigenvalue weighted by Gasteiger charge is -2.33. The zero-order chi connectivity index (χ0) is 17.5. The van der Waals surface area contributed by atoms with Gasteiger partial charge in [-0.2, -0.15) is 0 Å². The first-order valence-corrected chi connectivity index (χ1v) is 8.51. The number of nitrogens with one attached hydrogen (secondary N) is 2. The van der Waals surface area contributed by atoms with E-state index < -0.39 is 0 Å². The molecule has 25 heavy (non-hydrogen) atoms. The lowest BCUT2D eigenvalue weighted by molar-refractivity contribution is 0.0953. The molecule has 1 saturated heterocycles. The second-order valence-electron chi connectivity index (χ2n) is 6.39. The molecule has 0 aliphatic carbocycles. The minimum absolute atomic E-state index is 0. The fourth-order valence-corrected chi connectivity index (χ4v) is 2.90. The van der Waals surface area contributed by atoms with E-state index in [1.54, 1.807) is 26.1 Å². The predicted octanol–water partition coefficient (Wildman–Crippen LogP) is 2.79. The van der Waals surface area contributed by atoms with Crippen LogP contribution in [0.25, 0.3) is 0 Å². The number of aliphatic imine (C=N–C) groups is 1. The van der Waals surface area contributed by atoms with Crippen molar-refractivity contribution in [2.24, 2.45) is 10.9 Å². The lowest BCUT2D eigenvalue weighted by atomic mass is 10.0. The molecule has 0 spiro atoms. The van der Waals surface area contributed by atoms with Crippen LogP contribution in [0.15, 0.2) is 23.2 Å². The molecule has 1 aromatic rings. The summed E-state index contributed by atoms with van der Waals surface area (Å²) in [4.78, 5) is 18.6. The van der Waals surface area contributed by atoms with Gasteiger partial charge in [0, 0.05) is 38.8 Å². The number of piperidine rings is 1. The van der Waals surface area contributed by atoms with Crippen molar-refractivity contribution in [2.45, 2.75) is 26.7 Å². The van der Waals surface area contributed by atoms with E-state index in [-0.39, 0.29) is 35.7 Å². The Morgan fingerprint density at radius 3 is 2.72 bits per heavy atom. The average Bonchev–Trinajstić information content (AvgIpc) is 2.57. The monoisotopic (exact) mass is 462 g/mol. The molecule has 0 bridgehead atoms. The van der Waals surface area contributed by atoms with Gasteiger partial charge >= 0.3 is 0 Å². The van der Waals surface area contributed by atoms with E-state index in [1.165, 1.54) is 18.9 Å². The molecule has 140 valence electrons. The number of carbonyl (C=O) groups is 1. The summed E-state index contributed by atoms with van der Waals surface area (Å²) in [5.41, 5.74) is 0.875. The molecule has 2 N–H and O–H groups in total. The largest absolute Gasteiger partial charge is 0.354 e. The highest BCUT2D eigenvalue weighted by Crippen LogP contribution is 2.15. The Morgan fingerprint density at radius 1 is 1.36 bits per heavy atom. The molecule has 2 rings (SSSR count). The zero-order valence-electron chi connectivity index (χ0n) is 15.1. The summed E-state index contributed by atoms with van der Waals surface area (Å²) in [6.45, 7) is 6.98. The van der Waals surface area contributed by atoms with Gasteiger partial charge in [0.15, 0.2) is 5.96 Å². The molecule has 7 heteroatoms. The molecule has 0 radical (unpaired) electrons. The van der Waals surface area contributed by atoms with E-state index in [9.17, 15) is 9.18 Å². The third-order valence-electron chi connectivity index (χ3n) is 4.30. The molecule has 1 fully saturated rings. The first-order chi connectivity index (χ1) is 11.5. The van der Waals surface area contributed by atoms with Gasteiger partial charge in [-0.25, -0.2) is 4.39 Å². The van der Waals surface area contributed by atoms with Gasteiger partial charge in [-0.15, -0.1) is 24.0 Å². The molecule has 1 amide bonds. The van der Waals surface area contributed by atoms with Crippen LogP contribution in [0.2, 0.25) is 0 Å². The predicted molar refractivity (Wildman–Crippen MR) is 110 cm³/mol. The van der Waals surface area contributed by atoms with Crippen molar-refractivity contribution < 1.29 is 9.18 Å². The quantitative estimate of drug-likeness (QED) is 0.313. The van der Waals surface area contributed by atoms with E-state index in [4.69, 9.17) is 0 Å². The lowest BCUT2D eigenvalue weighted by Crippen LogP contribution is -2.47. The van der Waals surface area contributed by atoms with Gasteiger partial charge < -0.3 is 15.5 Å². The Hall–Kier alpha value is -1.38. The SMILES string of the molecule is CN=C(NCCNC(=O)c1ccc(C)c(F)c1)N1CCCC(C)C1.I. The van der Waals surface area contributed by atoms with Crippen LogP contribution in [0.4, 0.5) is 4.39 Å². The van der Waals surface area contributed by atoms with Crippen LogP contribution in [0.5, 0.6) is 0 Å². The van der Waals surface area contributed by atoms with Crippen LogP contribution in [0, 0.1) is 18.7 Å². The average molecular weight is 462 g/mol. The number of hydrogen-bond acceptors (Lipinski definition) is 2. The summed E-state index contributed by atoms with van der Waals surface area (Å²) < 4.78 is 13.5. The molecule has 1 aliphatic rings. The van der Waals surface area contributed by atoms with E-state index in [1.807, 2.05) is 0 Å².